The van der Waals surface area contributed by atoms with Crippen LogP contribution in [-0.2, 0) is 17.0 Å². The van der Waals surface area contributed by atoms with Crippen LogP contribution < -0.4 is 15.0 Å². The van der Waals surface area contributed by atoms with Gasteiger partial charge in [-0.2, -0.15) is 5.26 Å². The number of thiocarbonyl (C=S) groups is 1. The van der Waals surface area contributed by atoms with E-state index in [1.165, 1.54) is 29.8 Å². The van der Waals surface area contributed by atoms with Gasteiger partial charge in [0.2, 0.25) is 0 Å². The number of thioether (sulfide) groups is 1. The minimum atomic E-state index is -2.74. The Morgan fingerprint density at radius 3 is 2.68 bits per heavy atom. The number of nitrogens with zero attached hydrogens (tertiary/aromatic N) is 3. The maximum Gasteiger partial charge on any atom is 0.281 e. The van der Waals surface area contributed by atoms with E-state index >= 15 is 0 Å². The number of methoxy groups -OCH3 is 1. The molecule has 0 spiro atoms. The number of nitrogens with one attached hydrogen (secondary N) is 1. The predicted molar refractivity (Wildman–Crippen MR) is 148 cm³/mol. The van der Waals surface area contributed by atoms with Crippen LogP contribution in [0.4, 0.5) is 14.5 Å². The Balaban J connectivity index is 1.62. The first-order valence-corrected chi connectivity index (χ1v) is 13.1. The molecule has 1 amide bonds. The van der Waals surface area contributed by atoms with Gasteiger partial charge in [-0.1, -0.05) is 31.2 Å². The number of pyridine rings is 1. The molecule has 4 rings (SSSR count). The first kappa shape index (κ1) is 27.2. The molecule has 0 radical (unpaired) electrons. The Morgan fingerprint density at radius 1 is 1.24 bits per heavy atom. The maximum atomic E-state index is 13.3. The summed E-state index contributed by atoms with van der Waals surface area (Å²) in [6.07, 6.45) is -0.280. The van der Waals surface area contributed by atoms with E-state index in [4.69, 9.17) is 17.0 Å². The second-order valence-electron chi connectivity index (χ2n) is 8.43. The predicted octanol–water partition coefficient (Wildman–Crippen LogP) is 6.32. The van der Waals surface area contributed by atoms with Gasteiger partial charge in [-0.3, -0.25) is 9.69 Å². The number of halogens is 2. The van der Waals surface area contributed by atoms with Gasteiger partial charge in [0.1, 0.15) is 28.2 Å². The third kappa shape index (κ3) is 5.54. The van der Waals surface area contributed by atoms with Crippen molar-refractivity contribution in [2.75, 3.05) is 12.0 Å². The maximum absolute atomic E-state index is 13.3. The number of benzene rings is 2. The summed E-state index contributed by atoms with van der Waals surface area (Å²) < 4.78 is 32.1. The van der Waals surface area contributed by atoms with Gasteiger partial charge in [0, 0.05) is 11.3 Å². The Hall–Kier alpha value is -3.81. The number of hydrogen-bond donors (Lipinski definition) is 1. The molecular weight excluding hydrogens is 526 g/mol. The van der Waals surface area contributed by atoms with E-state index in [0.717, 1.165) is 28.8 Å². The van der Waals surface area contributed by atoms with Crippen molar-refractivity contribution >= 4 is 46.8 Å². The zero-order valence-corrected chi connectivity index (χ0v) is 22.6. The van der Waals surface area contributed by atoms with Crippen LogP contribution in [-0.4, -0.2) is 23.1 Å². The average molecular weight is 551 g/mol. The molecule has 0 atom stereocenters. The summed E-state index contributed by atoms with van der Waals surface area (Å²) in [5, 5.41) is 13.1. The van der Waals surface area contributed by atoms with Gasteiger partial charge in [-0.25, -0.2) is 13.8 Å². The fraction of sp³-hybridized carbons (Fsp3) is 0.214. The molecule has 194 valence electrons. The van der Waals surface area contributed by atoms with E-state index in [1.54, 1.807) is 25.1 Å². The van der Waals surface area contributed by atoms with Crippen LogP contribution in [0.25, 0.3) is 6.08 Å². The molecule has 2 heterocycles. The van der Waals surface area contributed by atoms with Crippen LogP contribution in [0, 0.1) is 18.3 Å². The van der Waals surface area contributed by atoms with Crippen molar-refractivity contribution in [1.29, 1.82) is 5.26 Å². The van der Waals surface area contributed by atoms with Crippen molar-refractivity contribution in [2.45, 2.75) is 37.5 Å². The van der Waals surface area contributed by atoms with Crippen molar-refractivity contribution in [3.63, 3.8) is 0 Å². The van der Waals surface area contributed by atoms with Gasteiger partial charge in [0.25, 0.3) is 12.3 Å². The van der Waals surface area contributed by atoms with Crippen molar-refractivity contribution < 1.29 is 18.3 Å². The largest absolute Gasteiger partial charge is 0.496 e. The number of alkyl halides is 2. The smallest absolute Gasteiger partial charge is 0.281 e. The molecule has 3 aromatic rings. The molecule has 1 saturated heterocycles. The zero-order chi connectivity index (χ0) is 27.4. The number of aromatic nitrogens is 1. The van der Waals surface area contributed by atoms with Gasteiger partial charge in [0.05, 0.1) is 18.4 Å². The van der Waals surface area contributed by atoms with Gasteiger partial charge in [-0.05, 0) is 72.6 Å². The summed E-state index contributed by atoms with van der Waals surface area (Å²) in [7, 11) is 1.53. The molecule has 6 nitrogen and oxygen atoms in total. The molecule has 1 aliphatic rings. The van der Waals surface area contributed by atoms with Crippen LogP contribution in [0.15, 0.2) is 59.3 Å². The lowest BCUT2D eigenvalue weighted by atomic mass is 10.1. The molecule has 1 fully saturated rings. The van der Waals surface area contributed by atoms with Crippen molar-refractivity contribution in [3.05, 3.63) is 87.7 Å². The topological polar surface area (TPSA) is 78.2 Å². The number of carbonyl (C=O) groups is 1. The standard InChI is InChI=1S/C28H24F2N4O2S2/c1-4-18-7-5-6-8-23(18)34-27(35)22(33-28(34)37)13-17-9-10-24(36-3)19(12-17)15-38-26-20(14-31)16(2)11-21(32-26)25(29)30/h5-13,25H,4,15H2,1-3H3,(H,33,37)/b22-13+. The molecule has 38 heavy (non-hydrogen) atoms. The van der Waals surface area contributed by atoms with Crippen LogP contribution in [0.2, 0.25) is 0 Å². The van der Waals surface area contributed by atoms with Crippen molar-refractivity contribution in [2.24, 2.45) is 0 Å². The monoisotopic (exact) mass is 550 g/mol. The molecule has 10 heteroatoms. The number of hydrogen-bond acceptors (Lipinski definition) is 6. The van der Waals surface area contributed by atoms with Gasteiger partial charge in [0.15, 0.2) is 5.11 Å². The molecule has 0 saturated carbocycles. The number of anilines is 1. The molecular formula is C28H24F2N4O2S2. The SMILES string of the molecule is CCc1ccccc1N1C(=O)/C(=C\c2ccc(OC)c(CSc3nc(C(F)F)cc(C)c3C#N)c2)NC1=S. The number of ether oxygens (including phenoxy) is 1. The lowest BCUT2D eigenvalue weighted by Gasteiger charge is -2.17. The highest BCUT2D eigenvalue weighted by molar-refractivity contribution is 7.98. The molecule has 1 aromatic heterocycles. The summed E-state index contributed by atoms with van der Waals surface area (Å²) in [4.78, 5) is 18.8. The van der Waals surface area contributed by atoms with Crippen LogP contribution in [0.5, 0.6) is 5.75 Å². The van der Waals surface area contributed by atoms with E-state index in [-0.39, 0.29) is 22.2 Å². The Bertz CT molecular complexity index is 1480. The summed E-state index contributed by atoms with van der Waals surface area (Å²) >= 11 is 6.64. The normalized spacial score (nSPS) is 14.2. The quantitative estimate of drug-likeness (QED) is 0.200. The Labute approximate surface area is 229 Å². The average Bonchev–Trinajstić information content (AvgIpc) is 3.19. The Morgan fingerprint density at radius 2 is 2.00 bits per heavy atom. The lowest BCUT2D eigenvalue weighted by Crippen LogP contribution is -2.31. The highest BCUT2D eigenvalue weighted by Crippen LogP contribution is 2.33. The zero-order valence-electron chi connectivity index (χ0n) is 20.9. The third-order valence-corrected chi connectivity index (χ3v) is 7.32. The van der Waals surface area contributed by atoms with Gasteiger partial charge >= 0.3 is 0 Å². The third-order valence-electron chi connectivity index (χ3n) is 6.01. The lowest BCUT2D eigenvalue weighted by molar-refractivity contribution is -0.113. The number of amides is 1. The number of nitriles is 1. The fourth-order valence-electron chi connectivity index (χ4n) is 4.12. The summed E-state index contributed by atoms with van der Waals surface area (Å²) in [5.41, 5.74) is 3.89. The van der Waals surface area contributed by atoms with Gasteiger partial charge in [-0.15, -0.1) is 11.8 Å². The van der Waals surface area contributed by atoms with Crippen LogP contribution >= 0.6 is 24.0 Å². The Kier molecular flexibility index (Phi) is 8.39. The van der Waals surface area contributed by atoms with E-state index in [0.29, 0.717) is 27.9 Å². The number of rotatable bonds is 8. The fourth-order valence-corrected chi connectivity index (χ4v) is 5.45. The van der Waals surface area contributed by atoms with E-state index in [1.807, 2.05) is 37.3 Å². The van der Waals surface area contributed by atoms with Crippen molar-refractivity contribution in [3.8, 4) is 11.8 Å². The van der Waals surface area contributed by atoms with Crippen LogP contribution in [0.3, 0.4) is 0 Å². The van der Waals surface area contributed by atoms with Crippen LogP contribution in [0.1, 0.15) is 46.9 Å². The molecule has 2 aromatic carbocycles. The molecule has 1 aliphatic heterocycles. The van der Waals surface area contributed by atoms with Gasteiger partial charge < -0.3 is 10.1 Å². The minimum absolute atomic E-state index is 0.233. The molecule has 0 aliphatic carbocycles. The first-order chi connectivity index (χ1) is 18.3. The summed E-state index contributed by atoms with van der Waals surface area (Å²) in [5.74, 6) is 0.633. The second-order valence-corrected chi connectivity index (χ2v) is 9.78. The van der Waals surface area contributed by atoms with E-state index < -0.39 is 6.43 Å². The van der Waals surface area contributed by atoms with Crippen molar-refractivity contribution in [1.82, 2.24) is 10.3 Å². The highest BCUT2D eigenvalue weighted by Gasteiger charge is 2.33. The summed E-state index contributed by atoms with van der Waals surface area (Å²) in [6.45, 7) is 3.63. The molecule has 1 N–H and O–H groups in total. The first-order valence-electron chi connectivity index (χ1n) is 11.7. The second kappa shape index (κ2) is 11.7. The number of aryl methyl sites for hydroxylation is 2. The number of carbonyl (C=O) groups excluding carboxylic acids is 1. The highest BCUT2D eigenvalue weighted by atomic mass is 32.2. The summed E-state index contributed by atoms with van der Waals surface area (Å²) in [6, 6.07) is 16.3. The minimum Gasteiger partial charge on any atom is -0.496 e. The number of para-hydroxylation sites is 1. The molecule has 0 bridgehead atoms. The van der Waals surface area contributed by atoms with E-state index in [9.17, 15) is 18.8 Å². The molecule has 0 unspecified atom stereocenters. The van der Waals surface area contributed by atoms with E-state index in [2.05, 4.69) is 16.4 Å².